The van der Waals surface area contributed by atoms with Crippen LogP contribution in [0.1, 0.15) is 30.2 Å². The highest BCUT2D eigenvalue weighted by Gasteiger charge is 2.30. The van der Waals surface area contributed by atoms with Gasteiger partial charge in [-0.05, 0) is 49.6 Å². The maximum absolute atomic E-state index is 12.7. The van der Waals surface area contributed by atoms with Gasteiger partial charge in [-0.15, -0.1) is 21.5 Å². The summed E-state index contributed by atoms with van der Waals surface area (Å²) in [6.07, 6.45) is 2.13. The first kappa shape index (κ1) is 17.0. The number of hydrogen-bond acceptors (Lipinski definition) is 7. The first-order chi connectivity index (χ1) is 12.5. The molecular weight excluding hydrogens is 374 g/mol. The van der Waals surface area contributed by atoms with Gasteiger partial charge in [-0.3, -0.25) is 4.72 Å². The normalized spacial score (nSPS) is 14.4. The Morgan fingerprint density at radius 2 is 2.04 bits per heavy atom. The molecule has 7 nitrogen and oxygen atoms in total. The van der Waals surface area contributed by atoms with Crippen LogP contribution in [0.15, 0.2) is 39.0 Å². The molecule has 136 valence electrons. The fourth-order valence-electron chi connectivity index (χ4n) is 2.51. The molecular formula is C17H17N3O4S2. The minimum absolute atomic E-state index is 0.169. The number of hydrogen-bond donors (Lipinski definition) is 1. The van der Waals surface area contributed by atoms with E-state index >= 15 is 0 Å². The number of benzene rings is 1. The quantitative estimate of drug-likeness (QED) is 0.687. The molecule has 0 unspecified atom stereocenters. The van der Waals surface area contributed by atoms with Gasteiger partial charge >= 0.3 is 0 Å². The van der Waals surface area contributed by atoms with E-state index in [-0.39, 0.29) is 4.21 Å². The fraction of sp³-hybridized carbons (Fsp3) is 0.294. The van der Waals surface area contributed by atoms with Crippen molar-refractivity contribution in [2.24, 2.45) is 0 Å². The second kappa shape index (κ2) is 6.40. The van der Waals surface area contributed by atoms with Gasteiger partial charge in [0.1, 0.15) is 9.96 Å². The van der Waals surface area contributed by atoms with Crippen molar-refractivity contribution in [3.8, 4) is 16.5 Å². The predicted octanol–water partition coefficient (Wildman–Crippen LogP) is 3.79. The van der Waals surface area contributed by atoms with Gasteiger partial charge in [0.25, 0.3) is 15.9 Å². The zero-order chi connectivity index (χ0) is 18.3. The molecule has 2 heterocycles. The number of ether oxygens (including phenoxy) is 1. The Bertz CT molecular complexity index is 1050. The zero-order valence-corrected chi connectivity index (χ0v) is 15.9. The molecule has 0 spiro atoms. The monoisotopic (exact) mass is 391 g/mol. The summed E-state index contributed by atoms with van der Waals surface area (Å²) in [5.41, 5.74) is 1.32. The van der Waals surface area contributed by atoms with Crippen LogP contribution in [0.5, 0.6) is 5.75 Å². The van der Waals surface area contributed by atoms with Crippen molar-refractivity contribution in [3.63, 3.8) is 0 Å². The lowest BCUT2D eigenvalue weighted by atomic mass is 10.2. The highest BCUT2D eigenvalue weighted by atomic mass is 32.2. The Labute approximate surface area is 155 Å². The molecule has 0 bridgehead atoms. The summed E-state index contributed by atoms with van der Waals surface area (Å²) in [4.78, 5) is 0.626. The Hall–Kier alpha value is -2.39. The molecule has 0 radical (unpaired) electrons. The Kier molecular flexibility index (Phi) is 4.20. The van der Waals surface area contributed by atoms with E-state index in [0.717, 1.165) is 29.7 Å². The van der Waals surface area contributed by atoms with E-state index in [1.54, 1.807) is 18.2 Å². The van der Waals surface area contributed by atoms with E-state index < -0.39 is 10.0 Å². The number of nitrogens with zero attached hydrogens (tertiary/aromatic N) is 2. The van der Waals surface area contributed by atoms with Crippen molar-refractivity contribution in [2.75, 3.05) is 11.8 Å². The first-order valence-electron chi connectivity index (χ1n) is 8.07. The number of methoxy groups -OCH3 is 1. The average Bonchev–Trinajstić information content (AvgIpc) is 3.12. The molecule has 1 saturated carbocycles. The highest BCUT2D eigenvalue weighted by Crippen LogP contribution is 2.41. The number of nitrogens with one attached hydrogen (secondary N) is 1. The first-order valence-corrected chi connectivity index (χ1v) is 10.4. The summed E-state index contributed by atoms with van der Waals surface area (Å²) in [7, 11) is -2.25. The van der Waals surface area contributed by atoms with E-state index in [1.165, 1.54) is 13.2 Å². The smallest absolute Gasteiger partial charge is 0.271 e. The average molecular weight is 391 g/mol. The van der Waals surface area contributed by atoms with Crippen LogP contribution in [0.4, 0.5) is 5.69 Å². The van der Waals surface area contributed by atoms with Gasteiger partial charge in [-0.1, -0.05) is 6.07 Å². The topological polar surface area (TPSA) is 94.3 Å². The summed E-state index contributed by atoms with van der Waals surface area (Å²) >= 11 is 1.09. The van der Waals surface area contributed by atoms with Gasteiger partial charge < -0.3 is 9.15 Å². The molecule has 2 aromatic heterocycles. The summed E-state index contributed by atoms with van der Waals surface area (Å²) in [5.74, 6) is 1.80. The molecule has 1 aliphatic carbocycles. The number of thiophene rings is 1. The van der Waals surface area contributed by atoms with Crippen LogP contribution in [-0.4, -0.2) is 25.7 Å². The summed E-state index contributed by atoms with van der Waals surface area (Å²) < 4.78 is 39.1. The lowest BCUT2D eigenvalue weighted by Gasteiger charge is -2.11. The van der Waals surface area contributed by atoms with Gasteiger partial charge in [0.2, 0.25) is 5.89 Å². The van der Waals surface area contributed by atoms with Crippen LogP contribution in [0.3, 0.4) is 0 Å². The molecule has 1 aromatic carbocycles. The molecule has 26 heavy (non-hydrogen) atoms. The minimum atomic E-state index is -3.75. The molecule has 1 N–H and O–H groups in total. The van der Waals surface area contributed by atoms with Crippen molar-refractivity contribution in [2.45, 2.75) is 29.9 Å². The third-order valence-corrected chi connectivity index (χ3v) is 6.95. The molecule has 0 amide bonds. The van der Waals surface area contributed by atoms with Crippen LogP contribution in [0.25, 0.3) is 10.8 Å². The molecule has 9 heteroatoms. The fourth-order valence-corrected chi connectivity index (χ4v) is 4.79. The second-order valence-electron chi connectivity index (χ2n) is 6.15. The second-order valence-corrected chi connectivity index (χ2v) is 9.14. The third-order valence-electron chi connectivity index (χ3n) is 4.02. The maximum atomic E-state index is 12.7. The van der Waals surface area contributed by atoms with E-state index in [4.69, 9.17) is 9.15 Å². The van der Waals surface area contributed by atoms with Gasteiger partial charge in [0, 0.05) is 5.92 Å². The predicted molar refractivity (Wildman–Crippen MR) is 98.1 cm³/mol. The van der Waals surface area contributed by atoms with Crippen LogP contribution in [-0.2, 0) is 10.0 Å². The number of aromatic nitrogens is 2. The molecule has 1 fully saturated rings. The lowest BCUT2D eigenvalue weighted by molar-refractivity contribution is 0.417. The van der Waals surface area contributed by atoms with E-state index in [0.29, 0.717) is 34.0 Å². The number of rotatable bonds is 6. The number of anilines is 1. The standard InChI is InChI=1S/C17H17N3O4S2/c1-10-3-6-13(23-2)12(9-10)20-26(21,22)15-8-7-14(25-15)17-19-18-16(24-17)11-4-5-11/h3,6-9,11,20H,4-5H2,1-2H3. The van der Waals surface area contributed by atoms with Crippen LogP contribution in [0, 0.1) is 6.92 Å². The van der Waals surface area contributed by atoms with E-state index in [2.05, 4.69) is 14.9 Å². The van der Waals surface area contributed by atoms with Crippen molar-refractivity contribution in [3.05, 3.63) is 41.8 Å². The van der Waals surface area contributed by atoms with Crippen LogP contribution >= 0.6 is 11.3 Å². The molecule has 0 atom stereocenters. The van der Waals surface area contributed by atoms with Gasteiger partial charge in [-0.2, -0.15) is 0 Å². The molecule has 4 rings (SSSR count). The van der Waals surface area contributed by atoms with Crippen LogP contribution < -0.4 is 9.46 Å². The Morgan fingerprint density at radius 3 is 2.77 bits per heavy atom. The highest BCUT2D eigenvalue weighted by molar-refractivity contribution is 7.94. The maximum Gasteiger partial charge on any atom is 0.271 e. The number of sulfonamides is 1. The zero-order valence-electron chi connectivity index (χ0n) is 14.2. The SMILES string of the molecule is COc1ccc(C)cc1NS(=O)(=O)c1ccc(-c2nnc(C3CC3)o2)s1. The number of aryl methyl sites for hydroxylation is 1. The minimum Gasteiger partial charge on any atom is -0.495 e. The lowest BCUT2D eigenvalue weighted by Crippen LogP contribution is -2.12. The van der Waals surface area contributed by atoms with E-state index in [1.807, 2.05) is 13.0 Å². The van der Waals surface area contributed by atoms with Crippen molar-refractivity contribution >= 4 is 27.0 Å². The molecule has 0 aliphatic heterocycles. The van der Waals surface area contributed by atoms with Gasteiger partial charge in [0.05, 0.1) is 17.7 Å². The molecule has 3 aromatic rings. The van der Waals surface area contributed by atoms with Gasteiger partial charge in [-0.25, -0.2) is 8.42 Å². The Morgan fingerprint density at radius 1 is 1.23 bits per heavy atom. The third kappa shape index (κ3) is 3.32. The van der Waals surface area contributed by atoms with E-state index in [9.17, 15) is 8.42 Å². The Balaban J connectivity index is 1.60. The van der Waals surface area contributed by atoms with Crippen molar-refractivity contribution in [1.29, 1.82) is 0 Å². The summed E-state index contributed by atoms with van der Waals surface area (Å²) in [5, 5.41) is 8.06. The van der Waals surface area contributed by atoms with Crippen LogP contribution in [0.2, 0.25) is 0 Å². The largest absolute Gasteiger partial charge is 0.495 e. The van der Waals surface area contributed by atoms with Crippen molar-refractivity contribution in [1.82, 2.24) is 10.2 Å². The molecule has 0 saturated heterocycles. The molecule has 1 aliphatic rings. The summed E-state index contributed by atoms with van der Waals surface area (Å²) in [6, 6.07) is 8.52. The van der Waals surface area contributed by atoms with Crippen molar-refractivity contribution < 1.29 is 17.6 Å². The van der Waals surface area contributed by atoms with Gasteiger partial charge in [0.15, 0.2) is 0 Å². The summed E-state index contributed by atoms with van der Waals surface area (Å²) in [6.45, 7) is 1.88.